The van der Waals surface area contributed by atoms with Crippen molar-refractivity contribution in [1.29, 1.82) is 0 Å². The van der Waals surface area contributed by atoms with Crippen LogP contribution >= 0.6 is 0 Å². The van der Waals surface area contributed by atoms with Gasteiger partial charge in [0.2, 0.25) is 5.91 Å². The molecule has 2 aliphatic heterocycles. The summed E-state index contributed by atoms with van der Waals surface area (Å²) in [6.07, 6.45) is 0.805. The number of benzene rings is 2. The van der Waals surface area contributed by atoms with Gasteiger partial charge in [-0.2, -0.15) is 0 Å². The Balaban J connectivity index is 1.62. The van der Waals surface area contributed by atoms with Crippen molar-refractivity contribution in [3.05, 3.63) is 59.7 Å². The van der Waals surface area contributed by atoms with E-state index in [9.17, 15) is 22.8 Å². The quantitative estimate of drug-likeness (QED) is 0.423. The molecule has 2 heterocycles. The molecule has 2 aromatic rings. The van der Waals surface area contributed by atoms with Gasteiger partial charge in [0.15, 0.2) is 9.84 Å². The van der Waals surface area contributed by atoms with Gasteiger partial charge in [0.05, 0.1) is 24.2 Å². The standard InChI is InChI=1S/C31H41N3O8S/c1-22-7-13-25(14-8-22)43(38,39)21-34(28(35)26-6-5-15-32-26)27(29(36)42-31(2,3)4)20-23-9-11-24(12-10-23)41-30(37)33-16-18-40-19-17-33/h7-14,26-27,32H,5-6,15-21H2,1-4H3/t26-,27-/m0/s1. The highest BCUT2D eigenvalue weighted by Gasteiger charge is 2.39. The van der Waals surface area contributed by atoms with Gasteiger partial charge in [-0.05, 0) is 76.9 Å². The minimum Gasteiger partial charge on any atom is -0.458 e. The van der Waals surface area contributed by atoms with E-state index in [1.165, 1.54) is 12.1 Å². The number of esters is 1. The molecule has 12 heteroatoms. The summed E-state index contributed by atoms with van der Waals surface area (Å²) in [5.74, 6) is -1.55. The van der Waals surface area contributed by atoms with Crippen LogP contribution in [0.5, 0.6) is 5.75 Å². The van der Waals surface area contributed by atoms with Crippen LogP contribution in [0, 0.1) is 6.92 Å². The number of carbonyl (C=O) groups excluding carboxylic acids is 3. The predicted octanol–water partition coefficient (Wildman–Crippen LogP) is 3.09. The van der Waals surface area contributed by atoms with Crippen LogP contribution in [0.15, 0.2) is 53.4 Å². The lowest BCUT2D eigenvalue weighted by atomic mass is 10.0. The fourth-order valence-corrected chi connectivity index (χ4v) is 6.30. The summed E-state index contributed by atoms with van der Waals surface area (Å²) in [4.78, 5) is 42.8. The maximum Gasteiger partial charge on any atom is 0.415 e. The van der Waals surface area contributed by atoms with Crippen molar-refractivity contribution < 1.29 is 37.0 Å². The van der Waals surface area contributed by atoms with Gasteiger partial charge in [0, 0.05) is 19.5 Å². The van der Waals surface area contributed by atoms with Gasteiger partial charge >= 0.3 is 12.1 Å². The molecule has 43 heavy (non-hydrogen) atoms. The molecule has 2 aromatic carbocycles. The predicted molar refractivity (Wildman–Crippen MR) is 159 cm³/mol. The summed E-state index contributed by atoms with van der Waals surface area (Å²) in [7, 11) is -4.00. The maximum atomic E-state index is 13.9. The van der Waals surface area contributed by atoms with E-state index >= 15 is 0 Å². The normalized spacial score (nSPS) is 18.1. The van der Waals surface area contributed by atoms with E-state index in [4.69, 9.17) is 14.2 Å². The molecule has 2 saturated heterocycles. The number of sulfone groups is 1. The number of aryl methyl sites for hydroxylation is 1. The van der Waals surface area contributed by atoms with Crippen LogP contribution in [0.25, 0.3) is 0 Å². The average Bonchev–Trinajstić information content (AvgIpc) is 3.50. The first kappa shape index (κ1) is 32.4. The second-order valence-electron chi connectivity index (χ2n) is 11.9. The second kappa shape index (κ2) is 13.9. The number of hydrogen-bond acceptors (Lipinski definition) is 9. The Labute approximate surface area is 253 Å². The van der Waals surface area contributed by atoms with E-state index in [2.05, 4.69) is 5.32 Å². The van der Waals surface area contributed by atoms with Crippen molar-refractivity contribution in [2.75, 3.05) is 38.7 Å². The molecular weight excluding hydrogens is 574 g/mol. The molecule has 0 bridgehead atoms. The van der Waals surface area contributed by atoms with Gasteiger partial charge in [0.1, 0.15) is 23.3 Å². The second-order valence-corrected chi connectivity index (χ2v) is 13.8. The van der Waals surface area contributed by atoms with E-state index in [0.717, 1.165) is 16.9 Å². The molecule has 0 aliphatic carbocycles. The third-order valence-electron chi connectivity index (χ3n) is 7.21. The van der Waals surface area contributed by atoms with Crippen LogP contribution < -0.4 is 10.1 Å². The number of ether oxygens (including phenoxy) is 3. The van der Waals surface area contributed by atoms with Crippen LogP contribution in [0.3, 0.4) is 0 Å². The molecule has 0 spiro atoms. The minimum absolute atomic E-state index is 0.00547. The lowest BCUT2D eigenvalue weighted by molar-refractivity contribution is -0.164. The number of rotatable bonds is 9. The van der Waals surface area contributed by atoms with E-state index in [1.54, 1.807) is 62.1 Å². The molecule has 2 atom stereocenters. The Bertz CT molecular complexity index is 1380. The molecular formula is C31H41N3O8S. The summed E-state index contributed by atoms with van der Waals surface area (Å²) in [6, 6.07) is 11.1. The van der Waals surface area contributed by atoms with Crippen LogP contribution in [-0.4, -0.2) is 92.6 Å². The maximum absolute atomic E-state index is 13.9. The molecule has 0 unspecified atom stereocenters. The SMILES string of the molecule is Cc1ccc(S(=O)(=O)CN(C(=O)[C@@H]2CCCN2)[C@@H](Cc2ccc(OC(=O)N3CCOCC3)cc2)C(=O)OC(C)(C)C)cc1. The Kier molecular flexibility index (Phi) is 10.5. The molecule has 0 saturated carbocycles. The van der Waals surface area contributed by atoms with Gasteiger partial charge in [-0.3, -0.25) is 4.79 Å². The topological polar surface area (TPSA) is 132 Å². The molecule has 234 valence electrons. The third kappa shape index (κ3) is 9.01. The van der Waals surface area contributed by atoms with Crippen molar-refractivity contribution in [2.45, 2.75) is 69.5 Å². The van der Waals surface area contributed by atoms with E-state index < -0.39 is 51.4 Å². The van der Waals surface area contributed by atoms with Gasteiger partial charge in [0.25, 0.3) is 0 Å². The average molecular weight is 616 g/mol. The Hall–Kier alpha value is -3.48. The smallest absolute Gasteiger partial charge is 0.415 e. The number of morpholine rings is 1. The van der Waals surface area contributed by atoms with Gasteiger partial charge in [-0.1, -0.05) is 29.8 Å². The van der Waals surface area contributed by atoms with E-state index in [1.807, 2.05) is 6.92 Å². The van der Waals surface area contributed by atoms with Crippen molar-refractivity contribution in [2.24, 2.45) is 0 Å². The molecule has 0 radical (unpaired) electrons. The zero-order chi connectivity index (χ0) is 31.2. The minimum atomic E-state index is -4.00. The highest BCUT2D eigenvalue weighted by Crippen LogP contribution is 2.23. The summed E-state index contributed by atoms with van der Waals surface area (Å²) >= 11 is 0. The number of amides is 2. The Morgan fingerprint density at radius 1 is 1.05 bits per heavy atom. The van der Waals surface area contributed by atoms with E-state index in [0.29, 0.717) is 50.6 Å². The third-order valence-corrected chi connectivity index (χ3v) is 8.82. The first-order valence-electron chi connectivity index (χ1n) is 14.5. The highest BCUT2D eigenvalue weighted by molar-refractivity contribution is 7.91. The number of nitrogens with one attached hydrogen (secondary N) is 1. The molecule has 2 amide bonds. The van der Waals surface area contributed by atoms with E-state index in [-0.39, 0.29) is 11.3 Å². The van der Waals surface area contributed by atoms with Gasteiger partial charge in [-0.25, -0.2) is 18.0 Å². The fourth-order valence-electron chi connectivity index (χ4n) is 4.92. The molecule has 4 rings (SSSR count). The Morgan fingerprint density at radius 3 is 2.28 bits per heavy atom. The van der Waals surface area contributed by atoms with Crippen molar-refractivity contribution in [3.8, 4) is 5.75 Å². The number of carbonyl (C=O) groups is 3. The Morgan fingerprint density at radius 2 is 1.70 bits per heavy atom. The summed E-state index contributed by atoms with van der Waals surface area (Å²) in [6.45, 7) is 9.41. The van der Waals surface area contributed by atoms with Gasteiger partial charge < -0.3 is 29.3 Å². The van der Waals surface area contributed by atoms with Gasteiger partial charge in [-0.15, -0.1) is 0 Å². The van der Waals surface area contributed by atoms with Crippen molar-refractivity contribution in [1.82, 2.24) is 15.1 Å². The number of nitrogens with zero attached hydrogens (tertiary/aromatic N) is 2. The van der Waals surface area contributed by atoms with Crippen molar-refractivity contribution in [3.63, 3.8) is 0 Å². The summed E-state index contributed by atoms with van der Waals surface area (Å²) in [5.41, 5.74) is 0.656. The highest BCUT2D eigenvalue weighted by atomic mass is 32.2. The first-order chi connectivity index (χ1) is 20.3. The molecule has 2 aliphatic rings. The molecule has 2 fully saturated rings. The monoisotopic (exact) mass is 615 g/mol. The van der Waals surface area contributed by atoms with Crippen molar-refractivity contribution >= 4 is 27.8 Å². The van der Waals surface area contributed by atoms with Crippen LogP contribution in [0.1, 0.15) is 44.7 Å². The summed E-state index contributed by atoms with van der Waals surface area (Å²) < 4.78 is 43.7. The number of hydrogen-bond donors (Lipinski definition) is 1. The van der Waals surface area contributed by atoms with Crippen LogP contribution in [0.2, 0.25) is 0 Å². The fraction of sp³-hybridized carbons (Fsp3) is 0.516. The summed E-state index contributed by atoms with van der Waals surface area (Å²) in [5, 5.41) is 3.13. The molecule has 1 N–H and O–H groups in total. The lowest BCUT2D eigenvalue weighted by Crippen LogP contribution is -2.55. The first-order valence-corrected chi connectivity index (χ1v) is 16.2. The molecule has 0 aromatic heterocycles. The molecule has 11 nitrogen and oxygen atoms in total. The zero-order valence-corrected chi connectivity index (χ0v) is 26.0. The zero-order valence-electron chi connectivity index (χ0n) is 25.2. The van der Waals surface area contributed by atoms with Crippen LogP contribution in [-0.2, 0) is 35.3 Å². The largest absolute Gasteiger partial charge is 0.458 e. The van der Waals surface area contributed by atoms with Crippen LogP contribution in [0.4, 0.5) is 4.79 Å². The lowest BCUT2D eigenvalue weighted by Gasteiger charge is -2.34.